The maximum absolute atomic E-state index is 4.93. The summed E-state index contributed by atoms with van der Waals surface area (Å²) in [7, 11) is 10.6. The second-order valence-corrected chi connectivity index (χ2v) is 14.3. The zero-order chi connectivity index (χ0) is 27.3. The first-order chi connectivity index (χ1) is 18.4. The Morgan fingerprint density at radius 2 is 0.895 bits per heavy atom. The summed E-state index contributed by atoms with van der Waals surface area (Å²) in [6, 6.07) is 42.9. The quantitative estimate of drug-likeness (QED) is 0.132. The third kappa shape index (κ3) is 9.51. The third-order valence-electron chi connectivity index (χ3n) is 6.06. The van der Waals surface area contributed by atoms with Gasteiger partial charge in [0.1, 0.15) is 9.52 Å². The van der Waals surface area contributed by atoms with Gasteiger partial charge in [0.2, 0.25) is 0 Å². The minimum absolute atomic E-state index is 0.777. The van der Waals surface area contributed by atoms with Crippen LogP contribution in [0.1, 0.15) is 22.3 Å². The topological polar surface area (TPSA) is 0 Å². The molecule has 0 spiro atoms. The molecule has 0 aliphatic rings. The van der Waals surface area contributed by atoms with E-state index in [4.69, 9.17) is 17.0 Å². The Balaban J connectivity index is 0.000000151. The Morgan fingerprint density at radius 1 is 0.526 bits per heavy atom. The second kappa shape index (κ2) is 16.0. The summed E-state index contributed by atoms with van der Waals surface area (Å²) in [5, 5.41) is 8.31. The van der Waals surface area contributed by atoms with Gasteiger partial charge in [0.15, 0.2) is 0 Å². The molecule has 0 unspecified atom stereocenters. The van der Waals surface area contributed by atoms with E-state index in [0.29, 0.717) is 0 Å². The molecule has 4 heteroatoms. The first-order valence-corrected chi connectivity index (χ1v) is 19.8. The number of fused-ring (bicyclic) bond motifs is 2. The predicted molar refractivity (Wildman–Crippen MR) is 168 cm³/mol. The standard InChI is InChI=1S/C12H10Si.2C11H11.2ClH.Zr/c1-3-7-11(8-4-1)13-12-9-5-2-6-10-12;2*1-8-6-10-5-3-4-9(2)11(10)7-8;;;/h1-10H;2*3-7H,1-2H3;2*1H;/q;2*-1;;;+4/p-2. The van der Waals surface area contributed by atoms with Crippen molar-refractivity contribution in [2.75, 3.05) is 0 Å². The van der Waals surface area contributed by atoms with Gasteiger partial charge >= 0.3 is 37.9 Å². The molecule has 0 aromatic heterocycles. The molecule has 2 radical (unpaired) electrons. The van der Waals surface area contributed by atoms with E-state index < -0.39 is 20.8 Å². The van der Waals surface area contributed by atoms with Gasteiger partial charge in [-0.05, 0) is 13.8 Å². The fourth-order valence-corrected chi connectivity index (χ4v) is 5.34. The number of hydrogen-bond acceptors (Lipinski definition) is 0. The number of rotatable bonds is 2. The minimum atomic E-state index is -0.826. The smallest absolute Gasteiger partial charge is 0.0631 e. The van der Waals surface area contributed by atoms with Crippen LogP contribution in [0.2, 0.25) is 0 Å². The van der Waals surface area contributed by atoms with Gasteiger partial charge in [0.25, 0.3) is 0 Å². The van der Waals surface area contributed by atoms with Crippen molar-refractivity contribution >= 4 is 58.5 Å². The third-order valence-corrected chi connectivity index (χ3v) is 7.31. The van der Waals surface area contributed by atoms with Crippen molar-refractivity contribution in [3.8, 4) is 0 Å². The van der Waals surface area contributed by atoms with Crippen molar-refractivity contribution in [1.82, 2.24) is 0 Å². The molecular weight excluding hydrogens is 599 g/mol. The molecule has 38 heavy (non-hydrogen) atoms. The van der Waals surface area contributed by atoms with Gasteiger partial charge in [-0.15, -0.1) is 69.1 Å². The van der Waals surface area contributed by atoms with Crippen molar-refractivity contribution in [2.45, 2.75) is 27.7 Å². The Morgan fingerprint density at radius 3 is 1.24 bits per heavy atom. The van der Waals surface area contributed by atoms with Crippen molar-refractivity contribution in [2.24, 2.45) is 0 Å². The normalized spacial score (nSPS) is 9.84. The molecule has 0 fully saturated rings. The summed E-state index contributed by atoms with van der Waals surface area (Å²) in [4.78, 5) is 0. The van der Waals surface area contributed by atoms with Gasteiger partial charge in [0.05, 0.1) is 0 Å². The molecule has 0 heterocycles. The van der Waals surface area contributed by atoms with E-state index in [1.54, 1.807) is 0 Å². The van der Waals surface area contributed by atoms with Crippen LogP contribution in [0.15, 0.2) is 121 Å². The van der Waals surface area contributed by atoms with Crippen LogP contribution in [0.25, 0.3) is 21.5 Å². The Kier molecular flexibility index (Phi) is 12.8. The molecule has 0 bridgehead atoms. The van der Waals surface area contributed by atoms with Crippen LogP contribution in [-0.2, 0) is 20.8 Å². The van der Waals surface area contributed by atoms with Gasteiger partial charge in [0, 0.05) is 0 Å². The summed E-state index contributed by atoms with van der Waals surface area (Å²) < 4.78 is 0. The van der Waals surface area contributed by atoms with Crippen molar-refractivity contribution in [1.29, 1.82) is 0 Å². The predicted octanol–water partition coefficient (Wildman–Crippen LogP) is 9.07. The maximum Gasteiger partial charge on any atom is 0.121 e. The molecule has 0 saturated carbocycles. The molecule has 6 aromatic rings. The Labute approximate surface area is 248 Å². The van der Waals surface area contributed by atoms with Gasteiger partial charge in [-0.25, -0.2) is 0 Å². The van der Waals surface area contributed by atoms with Crippen LogP contribution in [0.4, 0.5) is 0 Å². The number of benzene rings is 4. The summed E-state index contributed by atoms with van der Waals surface area (Å²) in [6.07, 6.45) is 0. The van der Waals surface area contributed by atoms with Crippen molar-refractivity contribution in [3.63, 3.8) is 0 Å². The van der Waals surface area contributed by atoms with E-state index in [1.165, 1.54) is 54.2 Å². The summed E-state index contributed by atoms with van der Waals surface area (Å²) in [6.45, 7) is 8.59. The van der Waals surface area contributed by atoms with Crippen LogP contribution in [-0.4, -0.2) is 9.52 Å². The van der Waals surface area contributed by atoms with E-state index in [0.717, 1.165) is 9.52 Å². The molecular formula is C34H32Cl2SiZr. The van der Waals surface area contributed by atoms with Crippen LogP contribution in [0.5, 0.6) is 0 Å². The zero-order valence-corrected chi connectivity index (χ0v) is 27.3. The average Bonchev–Trinajstić information content (AvgIpc) is 3.49. The van der Waals surface area contributed by atoms with Crippen molar-refractivity contribution in [3.05, 3.63) is 144 Å². The summed E-state index contributed by atoms with van der Waals surface area (Å²) >= 11 is -0.826. The van der Waals surface area contributed by atoms with Gasteiger partial charge in [-0.1, -0.05) is 108 Å². The van der Waals surface area contributed by atoms with Gasteiger partial charge in [-0.2, -0.15) is 12.1 Å². The molecule has 0 atom stereocenters. The van der Waals surface area contributed by atoms with Crippen LogP contribution < -0.4 is 10.4 Å². The fraction of sp³-hybridized carbons (Fsp3) is 0.118. The monoisotopic (exact) mass is 628 g/mol. The Bertz CT molecular complexity index is 1400. The summed E-state index contributed by atoms with van der Waals surface area (Å²) in [5.41, 5.74) is 5.45. The Hall–Kier alpha value is -2.22. The van der Waals surface area contributed by atoms with E-state index in [1.807, 2.05) is 0 Å². The number of aryl methyl sites for hydroxylation is 4. The van der Waals surface area contributed by atoms with Crippen LogP contribution >= 0.6 is 17.0 Å². The number of hydrogen-bond donors (Lipinski definition) is 0. The molecule has 0 nitrogen and oxygen atoms in total. The molecule has 0 aliphatic heterocycles. The first kappa shape index (κ1) is 30.3. The largest absolute Gasteiger partial charge is 0.121 e. The molecule has 0 aliphatic carbocycles. The summed E-state index contributed by atoms with van der Waals surface area (Å²) in [5.74, 6) is 0. The molecule has 6 aromatic carbocycles. The second-order valence-electron chi connectivity index (χ2n) is 9.15. The first-order valence-electron chi connectivity index (χ1n) is 12.5. The average molecular weight is 631 g/mol. The van der Waals surface area contributed by atoms with Crippen molar-refractivity contribution < 1.29 is 20.8 Å². The molecule has 0 N–H and O–H groups in total. The minimum Gasteiger partial charge on any atom is -0.0631 e. The van der Waals surface area contributed by atoms with E-state index in [-0.39, 0.29) is 0 Å². The fourth-order valence-electron chi connectivity index (χ4n) is 4.29. The number of halogens is 2. The van der Waals surface area contributed by atoms with Crippen LogP contribution in [0, 0.1) is 27.7 Å². The molecule has 0 amide bonds. The van der Waals surface area contributed by atoms with Crippen LogP contribution in [0.3, 0.4) is 0 Å². The van der Waals surface area contributed by atoms with E-state index in [2.05, 4.69) is 149 Å². The molecule has 0 saturated heterocycles. The van der Waals surface area contributed by atoms with E-state index >= 15 is 0 Å². The van der Waals surface area contributed by atoms with Gasteiger partial charge in [-0.3, -0.25) is 0 Å². The van der Waals surface area contributed by atoms with Gasteiger partial charge < -0.3 is 0 Å². The van der Waals surface area contributed by atoms with E-state index in [9.17, 15) is 0 Å². The molecule has 190 valence electrons. The maximum atomic E-state index is 4.93. The SMILES string of the molecule is Cc1cc2c(C)cccc2[cH-]1.Cc1cc2c(C)cccc2[cH-]1.[Cl][Zr+2][Cl].c1ccc([Si]c2ccccc2)cc1. The molecule has 6 rings (SSSR count). The zero-order valence-electron chi connectivity index (χ0n) is 22.3.